The zero-order valence-electron chi connectivity index (χ0n) is 4.94. The van der Waals surface area contributed by atoms with Crippen molar-refractivity contribution in [1.29, 1.82) is 0 Å². The van der Waals surface area contributed by atoms with Gasteiger partial charge in [-0.1, -0.05) is 20.3 Å². The van der Waals surface area contributed by atoms with Crippen molar-refractivity contribution in [2.45, 2.75) is 31.4 Å². The highest BCUT2D eigenvalue weighted by Crippen LogP contribution is 2.50. The van der Waals surface area contributed by atoms with Gasteiger partial charge in [-0.15, -0.1) is 0 Å². The molecule has 0 amide bonds. The van der Waals surface area contributed by atoms with Gasteiger partial charge in [-0.05, 0) is 12.3 Å². The van der Waals surface area contributed by atoms with Crippen molar-refractivity contribution in [3.05, 3.63) is 0 Å². The fourth-order valence-corrected chi connectivity index (χ4v) is 1.43. The third-order valence-electron chi connectivity index (χ3n) is 1.87. The number of rotatable bonds is 1. The molecule has 0 spiro atoms. The molecule has 0 N–H and O–H groups in total. The zero-order valence-corrected chi connectivity index (χ0v) is 5.83. The molecule has 0 aromatic heterocycles. The lowest BCUT2D eigenvalue weighted by molar-refractivity contribution is 0.751. The van der Waals surface area contributed by atoms with Crippen molar-refractivity contribution >= 4 is 12.6 Å². The van der Waals surface area contributed by atoms with Crippen LogP contribution in [-0.4, -0.2) is 4.75 Å². The summed E-state index contributed by atoms with van der Waals surface area (Å²) in [6.07, 6.45) is 2.63. The molecule has 0 aromatic rings. The molecule has 2 atom stereocenters. The first-order valence-electron chi connectivity index (χ1n) is 2.89. The molecule has 1 fully saturated rings. The molecule has 1 heteroatoms. The Morgan fingerprint density at radius 2 is 2.29 bits per heavy atom. The summed E-state index contributed by atoms with van der Waals surface area (Å²) in [6.45, 7) is 4.44. The van der Waals surface area contributed by atoms with Crippen LogP contribution >= 0.6 is 12.6 Å². The van der Waals surface area contributed by atoms with E-state index in [0.717, 1.165) is 5.92 Å². The molecule has 1 rings (SSSR count). The summed E-state index contributed by atoms with van der Waals surface area (Å²) in [7, 11) is 0. The summed E-state index contributed by atoms with van der Waals surface area (Å²) in [5.41, 5.74) is 0. The summed E-state index contributed by atoms with van der Waals surface area (Å²) in [5, 5.41) is 0. The van der Waals surface area contributed by atoms with Gasteiger partial charge >= 0.3 is 0 Å². The fraction of sp³-hybridized carbons (Fsp3) is 1.00. The summed E-state index contributed by atoms with van der Waals surface area (Å²) < 4.78 is 0.411. The molecule has 0 nitrogen and oxygen atoms in total. The standard InChI is InChI=1S/C6H12S/c1-3-5-4-6(5,2)7/h5,7H,3-4H2,1-2H3. The van der Waals surface area contributed by atoms with E-state index in [1.165, 1.54) is 12.8 Å². The fourth-order valence-electron chi connectivity index (χ4n) is 1.02. The topological polar surface area (TPSA) is 0 Å². The first-order chi connectivity index (χ1) is 3.17. The Hall–Kier alpha value is 0.350. The molecule has 0 heterocycles. The Labute approximate surface area is 50.7 Å². The van der Waals surface area contributed by atoms with E-state index in [-0.39, 0.29) is 0 Å². The van der Waals surface area contributed by atoms with E-state index in [2.05, 4.69) is 26.5 Å². The van der Waals surface area contributed by atoms with Gasteiger partial charge in [0.2, 0.25) is 0 Å². The van der Waals surface area contributed by atoms with Crippen molar-refractivity contribution in [1.82, 2.24) is 0 Å². The molecule has 42 valence electrons. The minimum absolute atomic E-state index is 0.411. The molecule has 0 aliphatic heterocycles. The van der Waals surface area contributed by atoms with Crippen LogP contribution in [0.25, 0.3) is 0 Å². The van der Waals surface area contributed by atoms with Crippen molar-refractivity contribution in [2.24, 2.45) is 5.92 Å². The molecule has 0 saturated heterocycles. The smallest absolute Gasteiger partial charge is 0.0133 e. The van der Waals surface area contributed by atoms with Crippen molar-refractivity contribution in [3.63, 3.8) is 0 Å². The average molecular weight is 116 g/mol. The molecule has 1 aliphatic rings. The van der Waals surface area contributed by atoms with Crippen LogP contribution in [-0.2, 0) is 0 Å². The summed E-state index contributed by atoms with van der Waals surface area (Å²) >= 11 is 4.41. The molecule has 0 bridgehead atoms. The molecule has 0 radical (unpaired) electrons. The van der Waals surface area contributed by atoms with Crippen LogP contribution in [0.15, 0.2) is 0 Å². The Balaban J connectivity index is 2.30. The summed E-state index contributed by atoms with van der Waals surface area (Å²) in [6, 6.07) is 0. The minimum atomic E-state index is 0.411. The van der Waals surface area contributed by atoms with E-state index in [1.54, 1.807) is 0 Å². The van der Waals surface area contributed by atoms with Crippen LogP contribution in [0.5, 0.6) is 0 Å². The largest absolute Gasteiger partial charge is 0.172 e. The van der Waals surface area contributed by atoms with Gasteiger partial charge in [0.15, 0.2) is 0 Å². The summed E-state index contributed by atoms with van der Waals surface area (Å²) in [5.74, 6) is 0.913. The first kappa shape index (κ1) is 5.49. The van der Waals surface area contributed by atoms with Crippen molar-refractivity contribution < 1.29 is 0 Å². The predicted molar refractivity (Wildman–Crippen MR) is 35.8 cm³/mol. The van der Waals surface area contributed by atoms with Crippen LogP contribution in [0, 0.1) is 5.92 Å². The van der Waals surface area contributed by atoms with E-state index in [9.17, 15) is 0 Å². The second-order valence-electron chi connectivity index (χ2n) is 2.67. The van der Waals surface area contributed by atoms with Gasteiger partial charge in [0.05, 0.1) is 0 Å². The zero-order chi connectivity index (χ0) is 5.49. The Bertz CT molecular complexity index is 76.2. The van der Waals surface area contributed by atoms with Crippen LogP contribution in [0.1, 0.15) is 26.7 Å². The lowest BCUT2D eigenvalue weighted by Gasteiger charge is -1.94. The van der Waals surface area contributed by atoms with Crippen LogP contribution < -0.4 is 0 Å². The van der Waals surface area contributed by atoms with E-state index in [1.807, 2.05) is 0 Å². The van der Waals surface area contributed by atoms with Gasteiger partial charge in [0.25, 0.3) is 0 Å². The van der Waals surface area contributed by atoms with Crippen molar-refractivity contribution in [3.8, 4) is 0 Å². The highest BCUT2D eigenvalue weighted by molar-refractivity contribution is 7.82. The Kier molecular flexibility index (Phi) is 1.11. The molecular formula is C6H12S. The minimum Gasteiger partial charge on any atom is -0.172 e. The number of thiol groups is 1. The second kappa shape index (κ2) is 1.41. The highest BCUT2D eigenvalue weighted by Gasteiger charge is 2.44. The predicted octanol–water partition coefficient (Wildman–Crippen LogP) is 2.10. The van der Waals surface area contributed by atoms with E-state index < -0.39 is 0 Å². The van der Waals surface area contributed by atoms with E-state index in [4.69, 9.17) is 0 Å². The lowest BCUT2D eigenvalue weighted by Crippen LogP contribution is -1.91. The van der Waals surface area contributed by atoms with Gasteiger partial charge in [-0.25, -0.2) is 0 Å². The maximum absolute atomic E-state index is 4.41. The SMILES string of the molecule is CCC1CC1(C)S. The number of hydrogen-bond acceptors (Lipinski definition) is 1. The third kappa shape index (κ3) is 0.933. The van der Waals surface area contributed by atoms with Crippen LogP contribution in [0.2, 0.25) is 0 Å². The normalized spacial score (nSPS) is 49.3. The Morgan fingerprint density at radius 3 is 2.29 bits per heavy atom. The average Bonchev–Trinajstić information content (AvgIpc) is 2.13. The maximum atomic E-state index is 4.41. The van der Waals surface area contributed by atoms with Crippen LogP contribution in [0.4, 0.5) is 0 Å². The first-order valence-corrected chi connectivity index (χ1v) is 3.34. The van der Waals surface area contributed by atoms with Gasteiger partial charge in [-0.2, -0.15) is 12.6 Å². The molecule has 2 unspecified atom stereocenters. The Morgan fingerprint density at radius 1 is 1.86 bits per heavy atom. The quantitative estimate of drug-likeness (QED) is 0.498. The second-order valence-corrected chi connectivity index (χ2v) is 3.69. The number of hydrogen-bond donors (Lipinski definition) is 1. The maximum Gasteiger partial charge on any atom is 0.0133 e. The molecular weight excluding hydrogens is 104 g/mol. The molecule has 1 aliphatic carbocycles. The molecule has 1 saturated carbocycles. The van der Waals surface area contributed by atoms with Gasteiger partial charge in [0.1, 0.15) is 0 Å². The monoisotopic (exact) mass is 116 g/mol. The highest BCUT2D eigenvalue weighted by atomic mass is 32.1. The van der Waals surface area contributed by atoms with E-state index >= 15 is 0 Å². The van der Waals surface area contributed by atoms with Crippen molar-refractivity contribution in [2.75, 3.05) is 0 Å². The van der Waals surface area contributed by atoms with Crippen LogP contribution in [0.3, 0.4) is 0 Å². The van der Waals surface area contributed by atoms with Gasteiger partial charge in [0, 0.05) is 4.75 Å². The third-order valence-corrected chi connectivity index (χ3v) is 2.42. The lowest BCUT2D eigenvalue weighted by atomic mass is 10.3. The van der Waals surface area contributed by atoms with Gasteiger partial charge in [-0.3, -0.25) is 0 Å². The molecule has 7 heavy (non-hydrogen) atoms. The van der Waals surface area contributed by atoms with Gasteiger partial charge < -0.3 is 0 Å². The molecule has 0 aromatic carbocycles. The van der Waals surface area contributed by atoms with E-state index in [0.29, 0.717) is 4.75 Å². The summed E-state index contributed by atoms with van der Waals surface area (Å²) in [4.78, 5) is 0.